The molecule has 2 amide bonds. The number of carboxylic acid groups (broad SMARTS) is 1. The summed E-state index contributed by atoms with van der Waals surface area (Å²) in [4.78, 5) is 41.3. The van der Waals surface area contributed by atoms with Gasteiger partial charge in [0.25, 0.3) is 5.91 Å². The van der Waals surface area contributed by atoms with E-state index in [9.17, 15) is 19.5 Å². The number of hydrogen-bond acceptors (Lipinski definition) is 3. The Hall–Kier alpha value is -3.15. The van der Waals surface area contributed by atoms with Crippen LogP contribution in [0.5, 0.6) is 0 Å². The highest BCUT2D eigenvalue weighted by molar-refractivity contribution is 6.06. The van der Waals surface area contributed by atoms with E-state index in [2.05, 4.69) is 5.32 Å². The van der Waals surface area contributed by atoms with E-state index in [4.69, 9.17) is 0 Å². The first-order valence-electron chi connectivity index (χ1n) is 11.8. The zero-order chi connectivity index (χ0) is 23.8. The fourth-order valence-electron chi connectivity index (χ4n) is 5.59. The predicted octanol–water partition coefficient (Wildman–Crippen LogP) is 4.79. The molecule has 2 aliphatic rings. The van der Waals surface area contributed by atoms with E-state index < -0.39 is 23.3 Å². The molecule has 33 heavy (non-hydrogen) atoms. The van der Waals surface area contributed by atoms with Gasteiger partial charge in [0.05, 0.1) is 17.0 Å². The molecule has 0 radical (unpaired) electrons. The Kier molecular flexibility index (Phi) is 6.28. The normalized spacial score (nSPS) is 20.1. The highest BCUT2D eigenvalue weighted by atomic mass is 16.4. The van der Waals surface area contributed by atoms with E-state index in [0.717, 1.165) is 35.2 Å². The number of para-hydroxylation sites is 1. The fraction of sp³-hybridized carbons (Fsp3) is 0.444. The summed E-state index contributed by atoms with van der Waals surface area (Å²) < 4.78 is 0. The number of hydrogen-bond donors (Lipinski definition) is 2. The van der Waals surface area contributed by atoms with Gasteiger partial charge < -0.3 is 15.3 Å². The van der Waals surface area contributed by atoms with Gasteiger partial charge in [0, 0.05) is 12.6 Å². The van der Waals surface area contributed by atoms with E-state index in [1.54, 1.807) is 11.9 Å². The van der Waals surface area contributed by atoms with Gasteiger partial charge in [-0.3, -0.25) is 14.4 Å². The summed E-state index contributed by atoms with van der Waals surface area (Å²) in [6.07, 6.45) is 3.06. The van der Waals surface area contributed by atoms with E-state index in [1.807, 2.05) is 62.4 Å². The highest BCUT2D eigenvalue weighted by Gasteiger charge is 2.51. The van der Waals surface area contributed by atoms with Crippen molar-refractivity contribution in [3.05, 3.63) is 54.1 Å². The number of fused-ring (bicyclic) bond motifs is 3. The lowest BCUT2D eigenvalue weighted by Crippen LogP contribution is -2.49. The summed E-state index contributed by atoms with van der Waals surface area (Å²) in [6, 6.07) is 14.4. The van der Waals surface area contributed by atoms with Gasteiger partial charge in [-0.1, -0.05) is 69.2 Å². The first kappa shape index (κ1) is 23.0. The molecule has 0 bridgehead atoms. The molecule has 4 rings (SSSR count). The maximum atomic E-state index is 13.7. The second kappa shape index (κ2) is 9.00. The average molecular weight is 449 g/mol. The van der Waals surface area contributed by atoms with Gasteiger partial charge in [0.2, 0.25) is 5.91 Å². The van der Waals surface area contributed by atoms with E-state index in [0.29, 0.717) is 19.3 Å². The zero-order valence-electron chi connectivity index (χ0n) is 19.5. The van der Waals surface area contributed by atoms with Gasteiger partial charge in [-0.25, -0.2) is 0 Å². The Balaban J connectivity index is 1.75. The molecule has 1 fully saturated rings. The Morgan fingerprint density at radius 1 is 1.06 bits per heavy atom. The van der Waals surface area contributed by atoms with Crippen molar-refractivity contribution >= 4 is 23.5 Å². The Labute approximate surface area is 195 Å². The minimum absolute atomic E-state index is 0.154. The standard InChI is InChI=1S/C27H32N2O4/c1-17(2)16-21(27(26(32)33)14-8-9-15-27)24(30)28-23-20-12-5-4-10-18(20)19-11-6-7-13-22(19)29(3)25(23)31/h4-7,10-13,17,21,23H,8-9,14-16H2,1-3H3,(H,28,30)(H,32,33). The summed E-state index contributed by atoms with van der Waals surface area (Å²) in [5.74, 6) is -2.02. The van der Waals surface area contributed by atoms with E-state index in [-0.39, 0.29) is 17.7 Å². The number of anilines is 1. The first-order valence-corrected chi connectivity index (χ1v) is 11.8. The minimum Gasteiger partial charge on any atom is -0.481 e. The number of rotatable bonds is 6. The van der Waals surface area contributed by atoms with Crippen LogP contribution in [0.15, 0.2) is 48.5 Å². The molecule has 1 aliphatic heterocycles. The maximum Gasteiger partial charge on any atom is 0.310 e. The lowest BCUT2D eigenvalue weighted by Gasteiger charge is -2.35. The van der Waals surface area contributed by atoms with Crippen molar-refractivity contribution in [2.24, 2.45) is 17.3 Å². The third-order valence-electron chi connectivity index (χ3n) is 7.30. The molecular formula is C27H32N2O4. The molecular weight excluding hydrogens is 416 g/mol. The van der Waals surface area contributed by atoms with Crippen LogP contribution in [-0.2, 0) is 14.4 Å². The Morgan fingerprint density at radius 3 is 2.30 bits per heavy atom. The van der Waals surface area contributed by atoms with E-state index in [1.165, 1.54) is 0 Å². The molecule has 2 aromatic carbocycles. The van der Waals surface area contributed by atoms with Gasteiger partial charge in [-0.05, 0) is 42.4 Å². The first-order chi connectivity index (χ1) is 15.8. The van der Waals surface area contributed by atoms with Crippen LogP contribution in [0.4, 0.5) is 5.69 Å². The summed E-state index contributed by atoms with van der Waals surface area (Å²) >= 11 is 0. The van der Waals surface area contributed by atoms with Crippen LogP contribution in [-0.4, -0.2) is 29.9 Å². The molecule has 0 spiro atoms. The quantitative estimate of drug-likeness (QED) is 0.665. The lowest BCUT2D eigenvalue weighted by atomic mass is 9.70. The maximum absolute atomic E-state index is 13.7. The zero-order valence-corrected chi connectivity index (χ0v) is 19.5. The van der Waals surface area contributed by atoms with Crippen LogP contribution in [0.1, 0.15) is 57.6 Å². The summed E-state index contributed by atoms with van der Waals surface area (Å²) in [5.41, 5.74) is 2.26. The number of nitrogens with one attached hydrogen (secondary N) is 1. The summed E-state index contributed by atoms with van der Waals surface area (Å²) in [5, 5.41) is 13.2. The second-order valence-corrected chi connectivity index (χ2v) is 9.79. The Bertz CT molecular complexity index is 1070. The van der Waals surface area contributed by atoms with Crippen LogP contribution in [0.3, 0.4) is 0 Å². The molecule has 6 heteroatoms. The molecule has 2 aromatic rings. The number of nitrogens with zero attached hydrogens (tertiary/aromatic N) is 1. The lowest BCUT2D eigenvalue weighted by molar-refractivity contribution is -0.157. The predicted molar refractivity (Wildman–Crippen MR) is 128 cm³/mol. The van der Waals surface area contributed by atoms with Gasteiger partial charge in [0.1, 0.15) is 6.04 Å². The van der Waals surface area contributed by atoms with E-state index >= 15 is 0 Å². The second-order valence-electron chi connectivity index (χ2n) is 9.79. The molecule has 2 unspecified atom stereocenters. The summed E-state index contributed by atoms with van der Waals surface area (Å²) in [7, 11) is 1.72. The van der Waals surface area contributed by atoms with Gasteiger partial charge in [-0.15, -0.1) is 0 Å². The number of likely N-dealkylation sites (N-methyl/N-ethyl adjacent to an activating group) is 1. The van der Waals surface area contributed by atoms with Crippen LogP contribution in [0.2, 0.25) is 0 Å². The molecule has 0 saturated heterocycles. The van der Waals surface area contributed by atoms with Crippen molar-refractivity contribution in [2.75, 3.05) is 11.9 Å². The van der Waals surface area contributed by atoms with Crippen molar-refractivity contribution < 1.29 is 19.5 Å². The number of aliphatic carboxylic acids is 1. The largest absolute Gasteiger partial charge is 0.481 e. The van der Waals surface area contributed by atoms with Crippen molar-refractivity contribution in [3.8, 4) is 11.1 Å². The molecule has 2 N–H and O–H groups in total. The van der Waals surface area contributed by atoms with Crippen molar-refractivity contribution in [1.82, 2.24) is 5.32 Å². The van der Waals surface area contributed by atoms with Crippen LogP contribution in [0.25, 0.3) is 11.1 Å². The minimum atomic E-state index is -1.07. The molecule has 1 heterocycles. The monoisotopic (exact) mass is 448 g/mol. The number of carbonyl (C=O) groups is 3. The third kappa shape index (κ3) is 4.03. The van der Waals surface area contributed by atoms with Crippen molar-refractivity contribution in [2.45, 2.75) is 52.0 Å². The Morgan fingerprint density at radius 2 is 1.67 bits per heavy atom. The van der Waals surface area contributed by atoms with Crippen LogP contribution < -0.4 is 10.2 Å². The van der Waals surface area contributed by atoms with Crippen LogP contribution in [0, 0.1) is 17.3 Å². The number of carbonyl (C=O) groups excluding carboxylic acids is 2. The van der Waals surface area contributed by atoms with Crippen LogP contribution >= 0.6 is 0 Å². The molecule has 0 aromatic heterocycles. The summed E-state index contributed by atoms with van der Waals surface area (Å²) in [6.45, 7) is 4.00. The molecule has 2 atom stereocenters. The third-order valence-corrected chi connectivity index (χ3v) is 7.30. The number of carboxylic acids is 1. The fourth-order valence-corrected chi connectivity index (χ4v) is 5.59. The number of amides is 2. The van der Waals surface area contributed by atoms with Crippen molar-refractivity contribution in [1.29, 1.82) is 0 Å². The highest BCUT2D eigenvalue weighted by Crippen LogP contribution is 2.48. The van der Waals surface area contributed by atoms with Crippen molar-refractivity contribution in [3.63, 3.8) is 0 Å². The molecule has 174 valence electrons. The number of benzene rings is 2. The van der Waals surface area contributed by atoms with Gasteiger partial charge in [-0.2, -0.15) is 0 Å². The molecule has 6 nitrogen and oxygen atoms in total. The topological polar surface area (TPSA) is 86.7 Å². The molecule has 1 aliphatic carbocycles. The smallest absolute Gasteiger partial charge is 0.310 e. The average Bonchev–Trinajstić information content (AvgIpc) is 3.28. The SMILES string of the molecule is CC(C)CC(C(=O)NC1C(=O)N(C)c2ccccc2-c2ccccc21)C1(C(=O)O)CCCC1. The van der Waals surface area contributed by atoms with Gasteiger partial charge >= 0.3 is 5.97 Å². The van der Waals surface area contributed by atoms with Gasteiger partial charge in [0.15, 0.2) is 0 Å². The molecule has 1 saturated carbocycles.